The van der Waals surface area contributed by atoms with Crippen molar-refractivity contribution in [3.63, 3.8) is 0 Å². The van der Waals surface area contributed by atoms with E-state index in [1.165, 1.54) is 6.42 Å². The Morgan fingerprint density at radius 2 is 2.45 bits per heavy atom. The molecule has 0 aromatic carbocycles. The van der Waals surface area contributed by atoms with Crippen LogP contribution in [0.2, 0.25) is 0 Å². The summed E-state index contributed by atoms with van der Waals surface area (Å²) in [6.07, 6.45) is 3.63. The van der Waals surface area contributed by atoms with E-state index in [4.69, 9.17) is 4.74 Å². The molecule has 1 rings (SSSR count). The van der Waals surface area contributed by atoms with Gasteiger partial charge in [-0.25, -0.2) is 0 Å². The second-order valence-electron chi connectivity index (χ2n) is 2.98. The lowest BCUT2D eigenvalue weighted by Crippen LogP contribution is -2.15. The van der Waals surface area contributed by atoms with Crippen LogP contribution in [0.3, 0.4) is 0 Å². The molecule has 1 saturated heterocycles. The van der Waals surface area contributed by atoms with Gasteiger partial charge in [-0.1, -0.05) is 6.08 Å². The van der Waals surface area contributed by atoms with Crippen molar-refractivity contribution >= 4 is 11.8 Å². The second kappa shape index (κ2) is 4.17. The Morgan fingerprint density at radius 1 is 1.73 bits per heavy atom. The van der Waals surface area contributed by atoms with Crippen LogP contribution < -0.4 is 0 Å². The molecule has 3 atom stereocenters. The van der Waals surface area contributed by atoms with Crippen molar-refractivity contribution in [1.29, 1.82) is 0 Å². The molecule has 0 aromatic heterocycles. The number of hydrogen-bond acceptors (Lipinski definition) is 2. The van der Waals surface area contributed by atoms with Crippen molar-refractivity contribution in [2.75, 3.05) is 6.61 Å². The lowest BCUT2D eigenvalue weighted by Gasteiger charge is -2.15. The minimum atomic E-state index is 0.433. The molecule has 1 aliphatic heterocycles. The molecule has 1 fully saturated rings. The average Bonchev–Trinajstić information content (AvgIpc) is 2.37. The molecule has 2 heteroatoms. The van der Waals surface area contributed by atoms with Gasteiger partial charge in [-0.05, 0) is 20.3 Å². The van der Waals surface area contributed by atoms with E-state index < -0.39 is 0 Å². The van der Waals surface area contributed by atoms with Crippen LogP contribution in [0.25, 0.3) is 0 Å². The van der Waals surface area contributed by atoms with Gasteiger partial charge in [-0.3, -0.25) is 0 Å². The van der Waals surface area contributed by atoms with Crippen LogP contribution in [0.1, 0.15) is 20.3 Å². The van der Waals surface area contributed by atoms with Crippen LogP contribution in [0, 0.1) is 0 Å². The molecule has 0 spiro atoms. The molecule has 3 unspecified atom stereocenters. The summed E-state index contributed by atoms with van der Waals surface area (Å²) < 4.78 is 5.46. The fourth-order valence-electron chi connectivity index (χ4n) is 1.22. The van der Waals surface area contributed by atoms with Gasteiger partial charge in [0.15, 0.2) is 0 Å². The molecule has 64 valence electrons. The van der Waals surface area contributed by atoms with Crippen LogP contribution in [0.5, 0.6) is 0 Å². The highest BCUT2D eigenvalue weighted by atomic mass is 32.2. The predicted octanol–water partition coefficient (Wildman–Crippen LogP) is 2.47. The SMILES string of the molecule is C=CC(C)SC1CCOC1C. The molecule has 0 aromatic rings. The van der Waals surface area contributed by atoms with Gasteiger partial charge in [-0.15, -0.1) is 18.3 Å². The van der Waals surface area contributed by atoms with E-state index in [9.17, 15) is 0 Å². The summed E-state index contributed by atoms with van der Waals surface area (Å²) >= 11 is 1.97. The minimum absolute atomic E-state index is 0.433. The molecule has 1 nitrogen and oxygen atoms in total. The van der Waals surface area contributed by atoms with E-state index in [2.05, 4.69) is 20.4 Å². The smallest absolute Gasteiger partial charge is 0.0666 e. The third-order valence-corrected chi connectivity index (χ3v) is 3.62. The Kier molecular flexibility index (Phi) is 3.46. The Bertz CT molecular complexity index is 136. The lowest BCUT2D eigenvalue weighted by molar-refractivity contribution is 0.127. The van der Waals surface area contributed by atoms with E-state index >= 15 is 0 Å². The van der Waals surface area contributed by atoms with Crippen molar-refractivity contribution in [2.24, 2.45) is 0 Å². The Morgan fingerprint density at radius 3 is 2.91 bits per heavy atom. The van der Waals surface area contributed by atoms with Crippen LogP contribution >= 0.6 is 11.8 Å². The first-order valence-corrected chi connectivity index (χ1v) is 5.08. The molecule has 0 saturated carbocycles. The summed E-state index contributed by atoms with van der Waals surface area (Å²) in [4.78, 5) is 0. The minimum Gasteiger partial charge on any atom is -0.377 e. The molecule has 0 radical (unpaired) electrons. The van der Waals surface area contributed by atoms with Gasteiger partial charge in [0.1, 0.15) is 0 Å². The highest BCUT2D eigenvalue weighted by Crippen LogP contribution is 2.29. The first kappa shape index (κ1) is 9.14. The Hall–Kier alpha value is 0.0500. The summed E-state index contributed by atoms with van der Waals surface area (Å²) in [6.45, 7) is 9.04. The number of rotatable bonds is 3. The fraction of sp³-hybridized carbons (Fsp3) is 0.778. The molecule has 11 heavy (non-hydrogen) atoms. The fourth-order valence-corrected chi connectivity index (χ4v) is 2.42. The predicted molar refractivity (Wildman–Crippen MR) is 51.1 cm³/mol. The first-order valence-electron chi connectivity index (χ1n) is 4.13. The Balaban J connectivity index is 2.30. The standard InChI is InChI=1S/C9H16OS/c1-4-7(2)11-9-5-6-10-8(9)3/h4,7-9H,1,5-6H2,2-3H3. The van der Waals surface area contributed by atoms with Gasteiger partial charge in [0, 0.05) is 17.1 Å². The quantitative estimate of drug-likeness (QED) is 0.605. The third kappa shape index (κ3) is 2.53. The van der Waals surface area contributed by atoms with Crippen LogP contribution in [-0.2, 0) is 4.74 Å². The van der Waals surface area contributed by atoms with Gasteiger partial charge in [-0.2, -0.15) is 0 Å². The van der Waals surface area contributed by atoms with Crippen molar-refractivity contribution in [3.05, 3.63) is 12.7 Å². The summed E-state index contributed by atoms with van der Waals surface area (Å²) in [5.74, 6) is 0. The molecular formula is C9H16OS. The lowest BCUT2D eigenvalue weighted by atomic mass is 10.3. The monoisotopic (exact) mass is 172 g/mol. The molecule has 1 aliphatic rings. The molecular weight excluding hydrogens is 156 g/mol. The van der Waals surface area contributed by atoms with E-state index in [-0.39, 0.29) is 0 Å². The maximum absolute atomic E-state index is 5.46. The topological polar surface area (TPSA) is 9.23 Å². The number of thioether (sulfide) groups is 1. The second-order valence-corrected chi connectivity index (χ2v) is 4.60. The number of ether oxygens (including phenoxy) is 1. The van der Waals surface area contributed by atoms with Crippen LogP contribution in [0.15, 0.2) is 12.7 Å². The summed E-state index contributed by atoms with van der Waals surface area (Å²) in [5.41, 5.74) is 0. The van der Waals surface area contributed by atoms with Crippen molar-refractivity contribution in [2.45, 2.75) is 36.9 Å². The molecule has 1 heterocycles. The average molecular weight is 172 g/mol. The van der Waals surface area contributed by atoms with E-state index in [0.717, 1.165) is 6.61 Å². The van der Waals surface area contributed by atoms with Gasteiger partial charge >= 0.3 is 0 Å². The highest BCUT2D eigenvalue weighted by Gasteiger charge is 2.25. The van der Waals surface area contributed by atoms with Crippen LogP contribution in [-0.4, -0.2) is 23.2 Å². The zero-order valence-electron chi connectivity index (χ0n) is 7.25. The van der Waals surface area contributed by atoms with E-state index in [1.54, 1.807) is 0 Å². The highest BCUT2D eigenvalue weighted by molar-refractivity contribution is 8.00. The summed E-state index contributed by atoms with van der Waals surface area (Å²) in [6, 6.07) is 0. The number of hydrogen-bond donors (Lipinski definition) is 0. The molecule has 0 amide bonds. The van der Waals surface area contributed by atoms with Gasteiger partial charge < -0.3 is 4.74 Å². The largest absolute Gasteiger partial charge is 0.377 e. The van der Waals surface area contributed by atoms with Crippen molar-refractivity contribution in [3.8, 4) is 0 Å². The van der Waals surface area contributed by atoms with E-state index in [0.29, 0.717) is 16.6 Å². The normalized spacial score (nSPS) is 33.6. The van der Waals surface area contributed by atoms with Gasteiger partial charge in [0.25, 0.3) is 0 Å². The maximum Gasteiger partial charge on any atom is 0.0666 e. The molecule has 0 bridgehead atoms. The third-order valence-electron chi connectivity index (χ3n) is 2.03. The van der Waals surface area contributed by atoms with Crippen molar-refractivity contribution in [1.82, 2.24) is 0 Å². The summed E-state index contributed by atoms with van der Waals surface area (Å²) in [5, 5.41) is 1.24. The maximum atomic E-state index is 5.46. The first-order chi connectivity index (χ1) is 5.24. The molecule has 0 N–H and O–H groups in total. The van der Waals surface area contributed by atoms with Crippen molar-refractivity contribution < 1.29 is 4.74 Å². The van der Waals surface area contributed by atoms with E-state index in [1.807, 2.05) is 17.8 Å². The van der Waals surface area contributed by atoms with Crippen LogP contribution in [0.4, 0.5) is 0 Å². The Labute approximate surface area is 73.2 Å². The zero-order valence-corrected chi connectivity index (χ0v) is 8.06. The molecule has 0 aliphatic carbocycles. The summed E-state index contributed by atoms with van der Waals surface area (Å²) in [7, 11) is 0. The van der Waals surface area contributed by atoms with Gasteiger partial charge in [0.2, 0.25) is 0 Å². The van der Waals surface area contributed by atoms with Gasteiger partial charge in [0.05, 0.1) is 6.10 Å². The zero-order chi connectivity index (χ0) is 8.27.